The zero-order valence-corrected chi connectivity index (χ0v) is 16.6. The largest absolute Gasteiger partial charge is 0.351 e. The Labute approximate surface area is 166 Å². The van der Waals surface area contributed by atoms with Gasteiger partial charge in [-0.15, -0.1) is 5.10 Å². The molecule has 3 heterocycles. The molecule has 3 amide bonds. The summed E-state index contributed by atoms with van der Waals surface area (Å²) in [6, 6.07) is -0.416. The monoisotopic (exact) mass is 388 g/mol. The minimum Gasteiger partial charge on any atom is -0.351 e. The molecule has 1 aromatic heterocycles. The number of carbonyl (C=O) groups is 2. The molecule has 1 aliphatic carbocycles. The Hall–Kier alpha value is -2.12. The van der Waals surface area contributed by atoms with Crippen LogP contribution >= 0.6 is 0 Å². The number of hydrogen-bond donors (Lipinski definition) is 1. The third-order valence-corrected chi connectivity index (χ3v) is 6.78. The first-order valence-electron chi connectivity index (χ1n) is 10.8. The maximum absolute atomic E-state index is 12.9. The van der Waals surface area contributed by atoms with E-state index in [2.05, 4.69) is 16.5 Å². The molecule has 0 spiro atoms. The third-order valence-electron chi connectivity index (χ3n) is 6.78. The number of nitrogens with zero attached hydrogens (tertiary/aromatic N) is 5. The standard InChI is InChI=1S/C20H32N6O2/c21-20(28)25-9-3-6-17(13-25)19(27)24-10-7-15(8-11-24)12-26-14-18(22-23-26)16-4-1-2-5-16/h14-17H,1-13H2,(H2,21,28). The van der Waals surface area contributed by atoms with E-state index in [-0.39, 0.29) is 11.8 Å². The number of piperidine rings is 2. The molecule has 0 radical (unpaired) electrons. The second-order valence-electron chi connectivity index (χ2n) is 8.74. The minimum absolute atomic E-state index is 0.0953. The topological polar surface area (TPSA) is 97.3 Å². The van der Waals surface area contributed by atoms with Crippen LogP contribution in [0.15, 0.2) is 6.20 Å². The lowest BCUT2D eigenvalue weighted by atomic mass is 9.93. The van der Waals surface area contributed by atoms with Crippen LogP contribution in [0.2, 0.25) is 0 Å². The van der Waals surface area contributed by atoms with Crippen molar-refractivity contribution < 1.29 is 9.59 Å². The number of amides is 3. The van der Waals surface area contributed by atoms with Crippen LogP contribution in [0.25, 0.3) is 0 Å². The van der Waals surface area contributed by atoms with Gasteiger partial charge < -0.3 is 15.5 Å². The average Bonchev–Trinajstić information content (AvgIpc) is 3.40. The van der Waals surface area contributed by atoms with Crippen molar-refractivity contribution in [2.45, 2.75) is 63.8 Å². The zero-order chi connectivity index (χ0) is 19.5. The summed E-state index contributed by atoms with van der Waals surface area (Å²) < 4.78 is 2.00. The quantitative estimate of drug-likeness (QED) is 0.852. The maximum Gasteiger partial charge on any atom is 0.314 e. The van der Waals surface area contributed by atoms with Crippen molar-refractivity contribution >= 4 is 11.9 Å². The van der Waals surface area contributed by atoms with E-state index in [1.54, 1.807) is 4.90 Å². The van der Waals surface area contributed by atoms with Crippen LogP contribution in [0.3, 0.4) is 0 Å². The smallest absolute Gasteiger partial charge is 0.314 e. The summed E-state index contributed by atoms with van der Waals surface area (Å²) in [7, 11) is 0. The molecular formula is C20H32N6O2. The van der Waals surface area contributed by atoms with Gasteiger partial charge in [-0.25, -0.2) is 4.79 Å². The van der Waals surface area contributed by atoms with Gasteiger partial charge in [0.15, 0.2) is 0 Å². The van der Waals surface area contributed by atoms with Crippen LogP contribution in [0.4, 0.5) is 4.79 Å². The first-order valence-corrected chi connectivity index (χ1v) is 10.8. The molecule has 0 bridgehead atoms. The lowest BCUT2D eigenvalue weighted by molar-refractivity contribution is -0.138. The second-order valence-corrected chi connectivity index (χ2v) is 8.74. The molecule has 0 aromatic carbocycles. The molecule has 154 valence electrons. The Morgan fingerprint density at radius 3 is 2.46 bits per heavy atom. The van der Waals surface area contributed by atoms with Crippen LogP contribution in [-0.2, 0) is 11.3 Å². The van der Waals surface area contributed by atoms with Gasteiger partial charge in [0.2, 0.25) is 5.91 Å². The van der Waals surface area contributed by atoms with Crippen molar-refractivity contribution in [3.8, 4) is 0 Å². The molecule has 2 saturated heterocycles. The first-order chi connectivity index (χ1) is 13.6. The van der Waals surface area contributed by atoms with Gasteiger partial charge in [0.05, 0.1) is 11.6 Å². The molecule has 1 aromatic rings. The van der Waals surface area contributed by atoms with Crippen molar-refractivity contribution in [1.82, 2.24) is 24.8 Å². The van der Waals surface area contributed by atoms with Crippen LogP contribution in [0, 0.1) is 11.8 Å². The number of rotatable bonds is 4. The molecule has 1 saturated carbocycles. The highest BCUT2D eigenvalue weighted by Gasteiger charge is 2.32. The number of nitrogens with two attached hydrogens (primary N) is 1. The van der Waals surface area contributed by atoms with Crippen LogP contribution < -0.4 is 5.73 Å². The molecule has 1 atom stereocenters. The van der Waals surface area contributed by atoms with Crippen molar-refractivity contribution in [1.29, 1.82) is 0 Å². The summed E-state index contributed by atoms with van der Waals surface area (Å²) >= 11 is 0. The number of hydrogen-bond acceptors (Lipinski definition) is 4. The zero-order valence-electron chi connectivity index (χ0n) is 16.6. The summed E-state index contributed by atoms with van der Waals surface area (Å²) in [6.07, 6.45) is 10.9. The van der Waals surface area contributed by atoms with Crippen LogP contribution in [0.1, 0.15) is 63.0 Å². The highest BCUT2D eigenvalue weighted by molar-refractivity contribution is 5.80. The Balaban J connectivity index is 1.25. The number of primary amides is 1. The van der Waals surface area contributed by atoms with Crippen molar-refractivity contribution in [2.24, 2.45) is 17.6 Å². The highest BCUT2D eigenvalue weighted by Crippen LogP contribution is 2.32. The molecular weight excluding hydrogens is 356 g/mol. The number of carbonyl (C=O) groups excluding carboxylic acids is 2. The fourth-order valence-corrected chi connectivity index (χ4v) is 5.05. The Morgan fingerprint density at radius 2 is 1.75 bits per heavy atom. The van der Waals surface area contributed by atoms with Gasteiger partial charge in [-0.2, -0.15) is 0 Å². The maximum atomic E-state index is 12.9. The van der Waals surface area contributed by atoms with E-state index >= 15 is 0 Å². The predicted molar refractivity (Wildman–Crippen MR) is 104 cm³/mol. The fourth-order valence-electron chi connectivity index (χ4n) is 5.05. The molecule has 2 aliphatic heterocycles. The third kappa shape index (κ3) is 4.31. The Kier molecular flexibility index (Phi) is 5.82. The van der Waals surface area contributed by atoms with Gasteiger partial charge in [-0.1, -0.05) is 18.1 Å². The summed E-state index contributed by atoms with van der Waals surface area (Å²) in [5, 5.41) is 8.74. The predicted octanol–water partition coefficient (Wildman–Crippen LogP) is 1.96. The van der Waals surface area contributed by atoms with Crippen LogP contribution in [0.5, 0.6) is 0 Å². The Morgan fingerprint density at radius 1 is 1.00 bits per heavy atom. The summed E-state index contributed by atoms with van der Waals surface area (Å²) in [4.78, 5) is 27.9. The lowest BCUT2D eigenvalue weighted by Gasteiger charge is -2.37. The Bertz CT molecular complexity index is 691. The van der Waals surface area contributed by atoms with E-state index in [0.29, 0.717) is 24.9 Å². The highest BCUT2D eigenvalue weighted by atomic mass is 16.2. The SMILES string of the molecule is NC(=O)N1CCCC(C(=O)N2CCC(Cn3cc(C4CCCC4)nn3)CC2)C1. The van der Waals surface area contributed by atoms with Gasteiger partial charge in [0.25, 0.3) is 0 Å². The van der Waals surface area contributed by atoms with E-state index in [0.717, 1.165) is 51.0 Å². The molecule has 28 heavy (non-hydrogen) atoms. The lowest BCUT2D eigenvalue weighted by Crippen LogP contribution is -2.49. The fraction of sp³-hybridized carbons (Fsp3) is 0.800. The molecule has 1 unspecified atom stereocenters. The molecule has 2 N–H and O–H groups in total. The normalized spacial score (nSPS) is 24.6. The van der Waals surface area contributed by atoms with Gasteiger partial charge >= 0.3 is 6.03 Å². The van der Waals surface area contributed by atoms with E-state index in [4.69, 9.17) is 5.73 Å². The van der Waals surface area contributed by atoms with Crippen molar-refractivity contribution in [2.75, 3.05) is 26.2 Å². The minimum atomic E-state index is -0.416. The molecule has 3 aliphatic rings. The van der Waals surface area contributed by atoms with Gasteiger partial charge in [-0.3, -0.25) is 9.48 Å². The van der Waals surface area contributed by atoms with Crippen molar-refractivity contribution in [3.05, 3.63) is 11.9 Å². The number of likely N-dealkylation sites (tertiary alicyclic amines) is 2. The first kappa shape index (κ1) is 19.2. The number of urea groups is 1. The molecule has 8 heteroatoms. The number of aromatic nitrogens is 3. The molecule has 8 nitrogen and oxygen atoms in total. The van der Waals surface area contributed by atoms with Crippen LogP contribution in [-0.4, -0.2) is 62.9 Å². The summed E-state index contributed by atoms with van der Waals surface area (Å²) in [5.41, 5.74) is 6.54. The van der Waals surface area contributed by atoms with E-state index in [1.807, 2.05) is 9.58 Å². The summed E-state index contributed by atoms with van der Waals surface area (Å²) in [6.45, 7) is 3.61. The molecule has 4 rings (SSSR count). The van der Waals surface area contributed by atoms with E-state index in [9.17, 15) is 9.59 Å². The average molecular weight is 389 g/mol. The van der Waals surface area contributed by atoms with E-state index < -0.39 is 6.03 Å². The van der Waals surface area contributed by atoms with Crippen molar-refractivity contribution in [3.63, 3.8) is 0 Å². The molecule has 3 fully saturated rings. The van der Waals surface area contributed by atoms with Gasteiger partial charge in [0, 0.05) is 44.8 Å². The second kappa shape index (κ2) is 8.49. The summed E-state index contributed by atoms with van der Waals surface area (Å²) in [5.74, 6) is 1.23. The van der Waals surface area contributed by atoms with Gasteiger partial charge in [0.1, 0.15) is 0 Å². The van der Waals surface area contributed by atoms with Gasteiger partial charge in [-0.05, 0) is 44.4 Å². The van der Waals surface area contributed by atoms with E-state index in [1.165, 1.54) is 25.7 Å².